The monoisotopic (exact) mass is 322 g/mol. The molecule has 0 aromatic carbocycles. The molecule has 0 saturated carbocycles. The average molecular weight is 322 g/mol. The Bertz CT molecular complexity index is 593. The van der Waals surface area contributed by atoms with Crippen LogP contribution in [0.1, 0.15) is 21.6 Å². The highest BCUT2D eigenvalue weighted by Gasteiger charge is 2.52. The van der Waals surface area contributed by atoms with E-state index in [-0.39, 0.29) is 12.3 Å². The lowest BCUT2D eigenvalue weighted by Crippen LogP contribution is -2.38. The number of hydrogen-bond donors (Lipinski definition) is 3. The van der Waals surface area contributed by atoms with Gasteiger partial charge in [-0.1, -0.05) is 0 Å². The van der Waals surface area contributed by atoms with E-state index < -0.39 is 38.1 Å². The molecule has 20 heavy (non-hydrogen) atoms. The topological polar surface area (TPSA) is 141 Å². The van der Waals surface area contributed by atoms with Crippen LogP contribution in [0.5, 0.6) is 0 Å². The summed E-state index contributed by atoms with van der Waals surface area (Å²) in [4.78, 5) is 24.2. The van der Waals surface area contributed by atoms with Crippen LogP contribution < -0.4 is 5.73 Å². The van der Waals surface area contributed by atoms with Gasteiger partial charge in [-0.25, -0.2) is 9.55 Å². The van der Waals surface area contributed by atoms with Gasteiger partial charge in [-0.3, -0.25) is 13.8 Å². The summed E-state index contributed by atoms with van der Waals surface area (Å²) in [5.41, 5.74) is 5.17. The van der Waals surface area contributed by atoms with E-state index >= 15 is 0 Å². The Hall–Kier alpha value is -0.870. The quantitative estimate of drug-likeness (QED) is 0.622. The fourth-order valence-corrected chi connectivity index (χ4v) is 3.94. The first-order valence-corrected chi connectivity index (χ1v) is 7.99. The predicted molar refractivity (Wildman–Crippen MR) is 64.9 cm³/mol. The molecule has 0 aliphatic carbocycles. The van der Waals surface area contributed by atoms with Gasteiger partial charge in [-0.2, -0.15) is 0 Å². The van der Waals surface area contributed by atoms with Crippen LogP contribution in [-0.4, -0.2) is 45.8 Å². The number of aromatic nitrogens is 1. The van der Waals surface area contributed by atoms with Crippen LogP contribution in [0.4, 0.5) is 0 Å². The predicted octanol–water partition coefficient (Wildman–Crippen LogP) is -0.441. The van der Waals surface area contributed by atoms with Crippen LogP contribution in [-0.2, 0) is 18.3 Å². The molecule has 1 aromatic heterocycles. The molecule has 110 valence electrons. The molecule has 1 amide bonds. The number of phosphoric ester groups is 1. The first kappa shape index (κ1) is 14.1. The molecule has 4 N–H and O–H groups in total. The summed E-state index contributed by atoms with van der Waals surface area (Å²) < 4.78 is 26.3. The van der Waals surface area contributed by atoms with E-state index in [1.54, 1.807) is 0 Å². The number of primary amides is 1. The molecule has 2 aliphatic heterocycles. The van der Waals surface area contributed by atoms with Gasteiger partial charge in [0.05, 0.1) is 6.61 Å². The molecule has 1 unspecified atom stereocenters. The summed E-state index contributed by atoms with van der Waals surface area (Å²) in [7, 11) is -4.15. The van der Waals surface area contributed by atoms with Gasteiger partial charge in [0.2, 0.25) is 0 Å². The van der Waals surface area contributed by atoms with Crippen molar-refractivity contribution in [2.45, 2.75) is 24.4 Å². The van der Waals surface area contributed by atoms with E-state index in [1.165, 1.54) is 5.38 Å². The molecule has 5 atom stereocenters. The van der Waals surface area contributed by atoms with Crippen molar-refractivity contribution < 1.29 is 33.1 Å². The zero-order valence-corrected chi connectivity index (χ0v) is 11.6. The molecule has 0 bridgehead atoms. The number of carbonyl (C=O) groups excluding carboxylic acids is 1. The van der Waals surface area contributed by atoms with Crippen molar-refractivity contribution >= 4 is 25.1 Å². The highest BCUT2D eigenvalue weighted by molar-refractivity contribution is 7.47. The van der Waals surface area contributed by atoms with Gasteiger partial charge in [-0.15, -0.1) is 11.3 Å². The summed E-state index contributed by atoms with van der Waals surface area (Å²) in [5.74, 6) is -0.683. The third kappa shape index (κ3) is 2.40. The summed E-state index contributed by atoms with van der Waals surface area (Å²) in [6.45, 7) is -0.167. The zero-order valence-electron chi connectivity index (χ0n) is 9.91. The van der Waals surface area contributed by atoms with Crippen LogP contribution >= 0.6 is 19.2 Å². The number of nitrogens with zero attached hydrogens (tertiary/aromatic N) is 1. The number of amides is 1. The third-order valence-corrected chi connectivity index (χ3v) is 4.90. The van der Waals surface area contributed by atoms with E-state index in [2.05, 4.69) is 9.51 Å². The SMILES string of the molecule is NC(=O)c1csc([C@H]2O[C@H]3COP(=O)(O)O[C@@H]3[C@H]2O)n1. The van der Waals surface area contributed by atoms with Crippen LogP contribution in [0, 0.1) is 0 Å². The molecular formula is C9H11N2O7PS. The first-order valence-electron chi connectivity index (χ1n) is 5.62. The van der Waals surface area contributed by atoms with Crippen molar-refractivity contribution in [1.82, 2.24) is 4.98 Å². The molecular weight excluding hydrogens is 311 g/mol. The molecule has 2 fully saturated rings. The number of ether oxygens (including phenoxy) is 1. The second-order valence-electron chi connectivity index (χ2n) is 4.36. The Morgan fingerprint density at radius 1 is 1.60 bits per heavy atom. The maximum absolute atomic E-state index is 11.3. The summed E-state index contributed by atoms with van der Waals surface area (Å²) in [6, 6.07) is 0. The fourth-order valence-electron chi connectivity index (χ4n) is 2.09. The molecule has 3 rings (SSSR count). The Labute approximate surface area is 116 Å². The molecule has 3 heterocycles. The summed E-state index contributed by atoms with van der Waals surface area (Å²) in [5, 5.41) is 11.9. The third-order valence-electron chi connectivity index (χ3n) is 3.01. The minimum atomic E-state index is -4.15. The van der Waals surface area contributed by atoms with Crippen molar-refractivity contribution in [2.24, 2.45) is 5.73 Å². The highest BCUT2D eigenvalue weighted by atomic mass is 32.1. The molecule has 2 aliphatic rings. The molecule has 0 spiro atoms. The maximum Gasteiger partial charge on any atom is 0.472 e. The fraction of sp³-hybridized carbons (Fsp3) is 0.556. The number of rotatable bonds is 2. The summed E-state index contributed by atoms with van der Waals surface area (Å²) >= 11 is 1.10. The van der Waals surface area contributed by atoms with Crippen molar-refractivity contribution in [3.05, 3.63) is 16.1 Å². The second-order valence-corrected chi connectivity index (χ2v) is 6.65. The average Bonchev–Trinajstić information content (AvgIpc) is 2.95. The molecule has 1 aromatic rings. The number of carbonyl (C=O) groups is 1. The van der Waals surface area contributed by atoms with E-state index in [9.17, 15) is 19.4 Å². The Balaban J connectivity index is 1.82. The molecule has 11 heteroatoms. The number of aliphatic hydroxyl groups excluding tert-OH is 1. The Kier molecular flexibility index (Phi) is 3.41. The van der Waals surface area contributed by atoms with Gasteiger partial charge in [0, 0.05) is 5.38 Å². The van der Waals surface area contributed by atoms with E-state index in [0.717, 1.165) is 11.3 Å². The Morgan fingerprint density at radius 2 is 2.35 bits per heavy atom. The lowest BCUT2D eigenvalue weighted by molar-refractivity contribution is -0.0546. The lowest BCUT2D eigenvalue weighted by Gasteiger charge is -2.28. The normalized spacial score (nSPS) is 40.5. The van der Waals surface area contributed by atoms with Gasteiger partial charge < -0.3 is 20.5 Å². The largest absolute Gasteiger partial charge is 0.472 e. The van der Waals surface area contributed by atoms with Crippen molar-refractivity contribution in [3.63, 3.8) is 0 Å². The molecule has 2 saturated heterocycles. The second kappa shape index (κ2) is 4.85. The van der Waals surface area contributed by atoms with Crippen LogP contribution in [0.3, 0.4) is 0 Å². The maximum atomic E-state index is 11.3. The number of nitrogens with two attached hydrogens (primary N) is 1. The van der Waals surface area contributed by atoms with Crippen LogP contribution in [0.15, 0.2) is 5.38 Å². The van der Waals surface area contributed by atoms with Gasteiger partial charge in [-0.05, 0) is 0 Å². The van der Waals surface area contributed by atoms with Gasteiger partial charge in [0.1, 0.15) is 35.1 Å². The minimum absolute atomic E-state index is 0.0701. The van der Waals surface area contributed by atoms with E-state index in [0.29, 0.717) is 5.01 Å². The van der Waals surface area contributed by atoms with Crippen molar-refractivity contribution in [3.8, 4) is 0 Å². The van der Waals surface area contributed by atoms with Crippen LogP contribution in [0.25, 0.3) is 0 Å². The number of fused-ring (bicyclic) bond motifs is 1. The van der Waals surface area contributed by atoms with Crippen molar-refractivity contribution in [1.29, 1.82) is 0 Å². The van der Waals surface area contributed by atoms with Gasteiger partial charge in [0.15, 0.2) is 0 Å². The van der Waals surface area contributed by atoms with Gasteiger partial charge in [0.25, 0.3) is 5.91 Å². The number of aliphatic hydroxyl groups is 1. The Morgan fingerprint density at radius 3 is 3.00 bits per heavy atom. The molecule has 0 radical (unpaired) electrons. The van der Waals surface area contributed by atoms with Crippen LogP contribution in [0.2, 0.25) is 0 Å². The number of hydrogen-bond acceptors (Lipinski definition) is 8. The summed E-state index contributed by atoms with van der Waals surface area (Å²) in [6.07, 6.45) is -3.70. The number of phosphoric acid groups is 1. The zero-order chi connectivity index (χ0) is 14.5. The van der Waals surface area contributed by atoms with Gasteiger partial charge >= 0.3 is 7.82 Å². The minimum Gasteiger partial charge on any atom is -0.387 e. The number of thiazole rings is 1. The smallest absolute Gasteiger partial charge is 0.387 e. The van der Waals surface area contributed by atoms with E-state index in [1.807, 2.05) is 0 Å². The van der Waals surface area contributed by atoms with Crippen molar-refractivity contribution in [2.75, 3.05) is 6.61 Å². The lowest BCUT2D eigenvalue weighted by atomic mass is 10.1. The standard InChI is InChI=1S/C9H11N2O7PS/c10-8(13)3-2-20-9(11-3)7-5(12)6-4(17-7)1-16-19(14,15)18-6/h2,4-7,12H,1H2,(H2,10,13)(H,14,15)/t4-,5+,6-,7-/m0/s1. The first-order chi connectivity index (χ1) is 9.37. The highest BCUT2D eigenvalue weighted by Crippen LogP contribution is 2.53. The van der Waals surface area contributed by atoms with E-state index in [4.69, 9.17) is 15.0 Å². The molecule has 9 nitrogen and oxygen atoms in total.